The average Bonchev–Trinajstić information content (AvgIpc) is 3.05. The fourth-order valence-corrected chi connectivity index (χ4v) is 3.23. The summed E-state index contributed by atoms with van der Waals surface area (Å²) < 4.78 is 5.11. The van der Waals surface area contributed by atoms with E-state index in [1.807, 2.05) is 17.9 Å². The summed E-state index contributed by atoms with van der Waals surface area (Å²) in [5.74, 6) is 1.10. The average molecular weight is 341 g/mol. The molecule has 1 aliphatic rings. The van der Waals surface area contributed by atoms with Crippen LogP contribution in [0.25, 0.3) is 0 Å². The molecule has 0 aliphatic carbocycles. The Balaban J connectivity index is 1.41. The first-order chi connectivity index (χ1) is 12.1. The number of piperazine rings is 1. The van der Waals surface area contributed by atoms with Crippen molar-refractivity contribution < 1.29 is 9.32 Å². The lowest BCUT2D eigenvalue weighted by atomic mass is 10.1. The van der Waals surface area contributed by atoms with E-state index in [-0.39, 0.29) is 5.91 Å². The van der Waals surface area contributed by atoms with Gasteiger partial charge in [0.15, 0.2) is 0 Å². The molecule has 25 heavy (non-hydrogen) atoms. The van der Waals surface area contributed by atoms with Crippen molar-refractivity contribution in [3.63, 3.8) is 0 Å². The molecule has 1 amide bonds. The number of rotatable bonds is 6. The zero-order chi connectivity index (χ0) is 17.6. The van der Waals surface area contributed by atoms with Crippen molar-refractivity contribution in [3.8, 4) is 0 Å². The number of carbonyl (C=O) groups is 1. The van der Waals surface area contributed by atoms with Crippen LogP contribution in [-0.4, -0.2) is 47.0 Å². The van der Waals surface area contributed by atoms with E-state index in [0.29, 0.717) is 6.42 Å². The minimum atomic E-state index is 0.261. The highest BCUT2D eigenvalue weighted by Gasteiger charge is 2.21. The van der Waals surface area contributed by atoms with Gasteiger partial charge in [0.1, 0.15) is 5.76 Å². The number of benzene rings is 1. The molecule has 134 valence electrons. The second-order valence-electron chi connectivity index (χ2n) is 6.76. The fourth-order valence-electron chi connectivity index (χ4n) is 3.23. The van der Waals surface area contributed by atoms with Crippen molar-refractivity contribution in [2.45, 2.75) is 39.7 Å². The van der Waals surface area contributed by atoms with E-state index in [4.69, 9.17) is 4.52 Å². The third-order valence-electron chi connectivity index (χ3n) is 4.85. The zero-order valence-electron chi connectivity index (χ0n) is 15.2. The summed E-state index contributed by atoms with van der Waals surface area (Å²) in [6, 6.07) is 10.6. The molecule has 2 heterocycles. The monoisotopic (exact) mass is 341 g/mol. The van der Waals surface area contributed by atoms with E-state index >= 15 is 0 Å². The van der Waals surface area contributed by atoms with Gasteiger partial charge in [-0.05, 0) is 30.9 Å². The summed E-state index contributed by atoms with van der Waals surface area (Å²) >= 11 is 0. The van der Waals surface area contributed by atoms with Gasteiger partial charge in [-0.1, -0.05) is 36.3 Å². The van der Waals surface area contributed by atoms with Crippen molar-refractivity contribution in [1.82, 2.24) is 15.0 Å². The lowest BCUT2D eigenvalue weighted by molar-refractivity contribution is -0.133. The van der Waals surface area contributed by atoms with Crippen LogP contribution in [0.2, 0.25) is 0 Å². The maximum absolute atomic E-state index is 12.4. The van der Waals surface area contributed by atoms with Gasteiger partial charge in [-0.2, -0.15) is 0 Å². The molecular weight excluding hydrogens is 314 g/mol. The number of aromatic nitrogens is 1. The van der Waals surface area contributed by atoms with Gasteiger partial charge in [0.2, 0.25) is 5.91 Å². The summed E-state index contributed by atoms with van der Waals surface area (Å²) in [5, 5.41) is 4.04. The first kappa shape index (κ1) is 17.7. The van der Waals surface area contributed by atoms with Gasteiger partial charge in [-0.3, -0.25) is 9.69 Å². The molecule has 1 aromatic heterocycles. The molecule has 5 nitrogen and oxygen atoms in total. The summed E-state index contributed by atoms with van der Waals surface area (Å²) in [6.45, 7) is 8.23. The molecule has 3 rings (SSSR count). The number of aryl methyl sites for hydroxylation is 3. The van der Waals surface area contributed by atoms with Crippen molar-refractivity contribution in [2.24, 2.45) is 0 Å². The number of hydrogen-bond acceptors (Lipinski definition) is 4. The van der Waals surface area contributed by atoms with Crippen LogP contribution in [0.3, 0.4) is 0 Å². The lowest BCUT2D eigenvalue weighted by Gasteiger charge is -2.34. The van der Waals surface area contributed by atoms with Gasteiger partial charge in [0, 0.05) is 45.2 Å². The van der Waals surface area contributed by atoms with E-state index in [2.05, 4.69) is 41.2 Å². The number of carbonyl (C=O) groups excluding carboxylic acids is 1. The van der Waals surface area contributed by atoms with Gasteiger partial charge in [0.25, 0.3) is 0 Å². The molecule has 0 unspecified atom stereocenters. The second-order valence-corrected chi connectivity index (χ2v) is 6.76. The third kappa shape index (κ3) is 4.92. The predicted octanol–water partition coefficient (Wildman–Crippen LogP) is 2.82. The maximum atomic E-state index is 12.4. The van der Waals surface area contributed by atoms with Gasteiger partial charge in [0.05, 0.1) is 5.69 Å². The molecule has 1 aromatic carbocycles. The molecule has 0 atom stereocenters. The van der Waals surface area contributed by atoms with E-state index in [1.54, 1.807) is 0 Å². The Hall–Kier alpha value is -2.14. The predicted molar refractivity (Wildman–Crippen MR) is 97.2 cm³/mol. The van der Waals surface area contributed by atoms with Gasteiger partial charge in [-0.25, -0.2) is 0 Å². The number of amides is 1. The molecule has 1 fully saturated rings. The summed E-state index contributed by atoms with van der Waals surface area (Å²) in [6.07, 6.45) is 2.46. The Bertz CT molecular complexity index is 685. The smallest absolute Gasteiger partial charge is 0.222 e. The molecule has 2 aromatic rings. The molecule has 0 spiro atoms. The van der Waals surface area contributed by atoms with Crippen LogP contribution in [0.1, 0.15) is 35.9 Å². The molecule has 1 saturated heterocycles. The van der Waals surface area contributed by atoms with E-state index in [0.717, 1.165) is 57.0 Å². The van der Waals surface area contributed by atoms with Crippen LogP contribution in [0, 0.1) is 6.92 Å². The number of nitrogens with zero attached hydrogens (tertiary/aromatic N) is 3. The standard InChI is InChI=1S/C20H27N3O2/c1-3-17-4-6-18(7-5-17)8-9-20(24)23-12-10-22(11-13-23)15-19-14-16(2)25-21-19/h4-7,14H,3,8-13,15H2,1-2H3. The van der Waals surface area contributed by atoms with Crippen LogP contribution >= 0.6 is 0 Å². The first-order valence-electron chi connectivity index (χ1n) is 9.14. The van der Waals surface area contributed by atoms with Gasteiger partial charge in [-0.15, -0.1) is 0 Å². The Morgan fingerprint density at radius 2 is 1.80 bits per heavy atom. The van der Waals surface area contributed by atoms with Crippen LogP contribution in [0.15, 0.2) is 34.9 Å². The summed E-state index contributed by atoms with van der Waals surface area (Å²) in [5.41, 5.74) is 3.55. The zero-order valence-corrected chi connectivity index (χ0v) is 15.2. The molecule has 1 aliphatic heterocycles. The van der Waals surface area contributed by atoms with Crippen molar-refractivity contribution in [2.75, 3.05) is 26.2 Å². The topological polar surface area (TPSA) is 49.6 Å². The quantitative estimate of drug-likeness (QED) is 0.811. The van der Waals surface area contributed by atoms with Gasteiger partial charge >= 0.3 is 0 Å². The van der Waals surface area contributed by atoms with Crippen LogP contribution in [0.4, 0.5) is 0 Å². The van der Waals surface area contributed by atoms with Crippen molar-refractivity contribution >= 4 is 5.91 Å². The number of hydrogen-bond donors (Lipinski definition) is 0. The highest BCUT2D eigenvalue weighted by atomic mass is 16.5. The Labute approximate surface area is 149 Å². The SMILES string of the molecule is CCc1ccc(CCC(=O)N2CCN(Cc3cc(C)on3)CC2)cc1. The van der Waals surface area contributed by atoms with E-state index in [1.165, 1.54) is 11.1 Å². The molecule has 0 bridgehead atoms. The first-order valence-corrected chi connectivity index (χ1v) is 9.14. The molecule has 5 heteroatoms. The minimum Gasteiger partial charge on any atom is -0.361 e. The van der Waals surface area contributed by atoms with E-state index < -0.39 is 0 Å². The molecule has 0 saturated carbocycles. The Morgan fingerprint density at radius 1 is 1.12 bits per heavy atom. The Kier molecular flexibility index (Phi) is 5.87. The van der Waals surface area contributed by atoms with Crippen LogP contribution in [-0.2, 0) is 24.2 Å². The van der Waals surface area contributed by atoms with E-state index in [9.17, 15) is 4.79 Å². The summed E-state index contributed by atoms with van der Waals surface area (Å²) in [7, 11) is 0. The van der Waals surface area contributed by atoms with Crippen molar-refractivity contribution in [1.29, 1.82) is 0 Å². The highest BCUT2D eigenvalue weighted by Crippen LogP contribution is 2.12. The summed E-state index contributed by atoms with van der Waals surface area (Å²) in [4.78, 5) is 16.8. The maximum Gasteiger partial charge on any atom is 0.222 e. The fraction of sp³-hybridized carbons (Fsp3) is 0.500. The largest absolute Gasteiger partial charge is 0.361 e. The molecule has 0 radical (unpaired) electrons. The van der Waals surface area contributed by atoms with Crippen LogP contribution in [0.5, 0.6) is 0 Å². The molecule has 0 N–H and O–H groups in total. The third-order valence-corrected chi connectivity index (χ3v) is 4.85. The van der Waals surface area contributed by atoms with Gasteiger partial charge < -0.3 is 9.42 Å². The normalized spacial score (nSPS) is 15.5. The Morgan fingerprint density at radius 3 is 2.40 bits per heavy atom. The molecular formula is C20H27N3O2. The second kappa shape index (κ2) is 8.30. The highest BCUT2D eigenvalue weighted by molar-refractivity contribution is 5.76. The van der Waals surface area contributed by atoms with Crippen LogP contribution < -0.4 is 0 Å². The lowest BCUT2D eigenvalue weighted by Crippen LogP contribution is -2.48. The van der Waals surface area contributed by atoms with Crippen molar-refractivity contribution in [3.05, 3.63) is 52.9 Å². The minimum absolute atomic E-state index is 0.261.